The molecule has 0 fully saturated rings. The number of sulfonamides is 1. The van der Waals surface area contributed by atoms with Crippen molar-refractivity contribution in [3.05, 3.63) is 108 Å². The Hall–Kier alpha value is -4.02. The first-order valence-electron chi connectivity index (χ1n) is 12.7. The maximum absolute atomic E-state index is 13.0. The van der Waals surface area contributed by atoms with E-state index in [1.54, 1.807) is 36.4 Å². The number of carbonyl (C=O) groups excluding carboxylic acids is 2. The van der Waals surface area contributed by atoms with E-state index in [2.05, 4.69) is 17.9 Å². The van der Waals surface area contributed by atoms with Gasteiger partial charge in [0.05, 0.1) is 17.5 Å². The van der Waals surface area contributed by atoms with Gasteiger partial charge in [0.1, 0.15) is 0 Å². The predicted octanol–water partition coefficient (Wildman–Crippen LogP) is 5.16. The lowest BCUT2D eigenvalue weighted by atomic mass is 10.0. The molecule has 8 nitrogen and oxygen atoms in total. The summed E-state index contributed by atoms with van der Waals surface area (Å²) in [7, 11) is -4.02. The molecule has 3 aromatic carbocycles. The Kier molecular flexibility index (Phi) is 9.34. The van der Waals surface area contributed by atoms with Gasteiger partial charge in [-0.25, -0.2) is 13.1 Å². The van der Waals surface area contributed by atoms with Crippen molar-refractivity contribution in [2.75, 3.05) is 12.4 Å². The highest BCUT2D eigenvalue weighted by atomic mass is 32.2. The third-order valence-corrected chi connectivity index (χ3v) is 7.92. The van der Waals surface area contributed by atoms with Crippen LogP contribution in [0.25, 0.3) is 11.1 Å². The average molecular weight is 579 g/mol. The molecule has 0 saturated carbocycles. The number of amides is 2. The van der Waals surface area contributed by atoms with Crippen molar-refractivity contribution in [3.63, 3.8) is 0 Å². The van der Waals surface area contributed by atoms with Crippen LogP contribution >= 0.6 is 12.6 Å². The van der Waals surface area contributed by atoms with Gasteiger partial charge in [0.25, 0.3) is 15.9 Å². The largest absolute Gasteiger partial charge is 0.490 e. The van der Waals surface area contributed by atoms with Gasteiger partial charge in [-0.3, -0.25) is 9.59 Å². The molecular formula is C30H30N2O6S2. The Morgan fingerprint density at radius 2 is 1.65 bits per heavy atom. The molecule has 2 amide bonds. The molecule has 10 heteroatoms. The zero-order valence-corrected chi connectivity index (χ0v) is 23.8. The minimum Gasteiger partial charge on any atom is -0.490 e. The van der Waals surface area contributed by atoms with E-state index in [4.69, 9.17) is 9.15 Å². The Balaban J connectivity index is 1.55. The third-order valence-electron chi connectivity index (χ3n) is 6.07. The Bertz CT molecular complexity index is 1580. The summed E-state index contributed by atoms with van der Waals surface area (Å²) in [6, 6.07) is 24.6. The fraction of sp³-hybridized carbons (Fsp3) is 0.200. The molecule has 1 atom stereocenters. The van der Waals surface area contributed by atoms with E-state index in [-0.39, 0.29) is 22.6 Å². The van der Waals surface area contributed by atoms with Gasteiger partial charge in [-0.2, -0.15) is 12.6 Å². The highest BCUT2D eigenvalue weighted by molar-refractivity contribution is 7.90. The van der Waals surface area contributed by atoms with Gasteiger partial charge < -0.3 is 14.5 Å². The summed E-state index contributed by atoms with van der Waals surface area (Å²) < 4.78 is 39.1. The summed E-state index contributed by atoms with van der Waals surface area (Å²) in [5.74, 6) is 0.491. The van der Waals surface area contributed by atoms with Gasteiger partial charge >= 0.3 is 0 Å². The summed E-state index contributed by atoms with van der Waals surface area (Å²) in [6.07, 6.45) is 0.351. The quantitative estimate of drug-likeness (QED) is 0.212. The van der Waals surface area contributed by atoms with E-state index in [1.165, 1.54) is 6.07 Å². The smallest absolute Gasteiger partial charge is 0.287 e. The molecule has 4 rings (SSSR count). The lowest BCUT2D eigenvalue weighted by molar-refractivity contribution is -0.117. The Morgan fingerprint density at radius 1 is 0.975 bits per heavy atom. The summed E-state index contributed by atoms with van der Waals surface area (Å²) in [6.45, 7) is 3.40. The summed E-state index contributed by atoms with van der Waals surface area (Å²) >= 11 is 4.39. The number of thiol groups is 1. The van der Waals surface area contributed by atoms with Gasteiger partial charge in [0, 0.05) is 30.7 Å². The third kappa shape index (κ3) is 6.94. The molecule has 0 bridgehead atoms. The van der Waals surface area contributed by atoms with Crippen LogP contribution in [0.4, 0.5) is 0 Å². The maximum atomic E-state index is 13.0. The lowest BCUT2D eigenvalue weighted by Gasteiger charge is -2.16. The SMILES string of the molecule is CCOc1cc(C(=O)NC(CS)c2ccccc2)oc1Cc1ccc(-c2ccccc2S(=O)(=O)NC(C)=O)cc1. The lowest BCUT2D eigenvalue weighted by Crippen LogP contribution is -2.29. The van der Waals surface area contributed by atoms with Crippen molar-refractivity contribution < 1.29 is 27.2 Å². The molecule has 1 aromatic heterocycles. The number of hydrogen-bond acceptors (Lipinski definition) is 7. The molecule has 0 aliphatic heterocycles. The summed E-state index contributed by atoms with van der Waals surface area (Å²) in [5, 5.41) is 2.96. The molecule has 1 heterocycles. The van der Waals surface area contributed by atoms with E-state index in [0.29, 0.717) is 41.4 Å². The van der Waals surface area contributed by atoms with Crippen LogP contribution in [0.1, 0.15) is 47.3 Å². The fourth-order valence-electron chi connectivity index (χ4n) is 4.25. The van der Waals surface area contributed by atoms with Crippen LogP contribution < -0.4 is 14.8 Å². The van der Waals surface area contributed by atoms with E-state index in [9.17, 15) is 18.0 Å². The minimum absolute atomic E-state index is 0.00768. The van der Waals surface area contributed by atoms with E-state index >= 15 is 0 Å². The van der Waals surface area contributed by atoms with Crippen molar-refractivity contribution >= 4 is 34.5 Å². The van der Waals surface area contributed by atoms with Crippen molar-refractivity contribution in [2.24, 2.45) is 0 Å². The molecule has 0 saturated heterocycles. The van der Waals surface area contributed by atoms with Crippen LogP contribution in [0.5, 0.6) is 5.75 Å². The van der Waals surface area contributed by atoms with Gasteiger partial charge in [0.15, 0.2) is 17.3 Å². The zero-order chi connectivity index (χ0) is 28.7. The van der Waals surface area contributed by atoms with E-state index < -0.39 is 15.9 Å². The van der Waals surface area contributed by atoms with E-state index in [1.807, 2.05) is 54.1 Å². The topological polar surface area (TPSA) is 115 Å². The minimum atomic E-state index is -4.02. The Morgan fingerprint density at radius 3 is 2.30 bits per heavy atom. The number of hydrogen-bond donors (Lipinski definition) is 3. The molecule has 0 radical (unpaired) electrons. The predicted molar refractivity (Wildman–Crippen MR) is 156 cm³/mol. The van der Waals surface area contributed by atoms with Crippen LogP contribution in [0.2, 0.25) is 0 Å². The van der Waals surface area contributed by atoms with Crippen LogP contribution in [-0.2, 0) is 21.2 Å². The first kappa shape index (κ1) is 29.0. The molecule has 0 spiro atoms. The molecule has 0 aliphatic carbocycles. The second-order valence-corrected chi connectivity index (χ2v) is 11.0. The first-order chi connectivity index (χ1) is 19.2. The molecule has 40 heavy (non-hydrogen) atoms. The van der Waals surface area contributed by atoms with Crippen molar-refractivity contribution in [1.29, 1.82) is 0 Å². The number of benzene rings is 3. The van der Waals surface area contributed by atoms with Crippen LogP contribution in [0.3, 0.4) is 0 Å². The first-order valence-corrected chi connectivity index (χ1v) is 14.8. The van der Waals surface area contributed by atoms with E-state index in [0.717, 1.165) is 18.1 Å². The number of nitrogens with one attached hydrogen (secondary N) is 2. The second-order valence-electron chi connectivity index (χ2n) is 8.98. The fourth-order valence-corrected chi connectivity index (χ4v) is 5.77. The number of rotatable bonds is 11. The molecule has 4 aromatic rings. The maximum Gasteiger partial charge on any atom is 0.287 e. The summed E-state index contributed by atoms with van der Waals surface area (Å²) in [4.78, 5) is 24.4. The monoisotopic (exact) mass is 578 g/mol. The standard InChI is InChI=1S/C30H30N2O6S2/c1-3-37-26-18-28(30(34)31-25(19-39)23-9-5-4-6-10-23)38-27(26)17-21-13-15-22(16-14-21)24-11-7-8-12-29(24)40(35,36)32-20(2)33/h4-16,18,25,39H,3,17,19H2,1-2H3,(H,31,34)(H,32,33). The summed E-state index contributed by atoms with van der Waals surface area (Å²) in [5.41, 5.74) is 2.93. The molecule has 208 valence electrons. The number of carbonyl (C=O) groups is 2. The zero-order valence-electron chi connectivity index (χ0n) is 22.1. The molecule has 0 aliphatic rings. The molecule has 1 unspecified atom stereocenters. The van der Waals surface area contributed by atoms with Gasteiger partial charge in [0.2, 0.25) is 5.91 Å². The van der Waals surface area contributed by atoms with Crippen molar-refractivity contribution in [3.8, 4) is 16.9 Å². The highest BCUT2D eigenvalue weighted by Crippen LogP contribution is 2.30. The van der Waals surface area contributed by atoms with Gasteiger partial charge in [-0.1, -0.05) is 72.8 Å². The van der Waals surface area contributed by atoms with Crippen LogP contribution in [0.15, 0.2) is 94.2 Å². The van der Waals surface area contributed by atoms with Crippen molar-refractivity contribution in [2.45, 2.75) is 31.2 Å². The van der Waals surface area contributed by atoms with Crippen LogP contribution in [0, 0.1) is 0 Å². The van der Waals surface area contributed by atoms with Gasteiger partial charge in [-0.05, 0) is 29.7 Å². The Labute approximate surface area is 239 Å². The normalized spacial score (nSPS) is 12.0. The molecule has 2 N–H and O–H groups in total. The highest BCUT2D eigenvalue weighted by Gasteiger charge is 2.22. The van der Waals surface area contributed by atoms with Crippen molar-refractivity contribution in [1.82, 2.24) is 10.0 Å². The number of furan rings is 1. The van der Waals surface area contributed by atoms with Gasteiger partial charge in [-0.15, -0.1) is 0 Å². The molecular weight excluding hydrogens is 548 g/mol. The number of ether oxygens (including phenoxy) is 1. The average Bonchev–Trinajstić information content (AvgIpc) is 3.34. The second kappa shape index (κ2) is 12.9. The van der Waals surface area contributed by atoms with Crippen LogP contribution in [-0.4, -0.2) is 32.6 Å².